The highest BCUT2D eigenvalue weighted by molar-refractivity contribution is 5.97. The summed E-state index contributed by atoms with van der Waals surface area (Å²) in [5.74, 6) is 0.353. The van der Waals surface area contributed by atoms with Crippen molar-refractivity contribution in [1.82, 2.24) is 5.32 Å². The third-order valence-electron chi connectivity index (χ3n) is 20.2. The Morgan fingerprint density at radius 2 is 0.660 bits per heavy atom. The fourth-order valence-corrected chi connectivity index (χ4v) is 13.1. The second-order valence-corrected chi connectivity index (χ2v) is 30.0. The summed E-state index contributed by atoms with van der Waals surface area (Å²) in [6.07, 6.45) is 72.2. The molecule has 1 aromatic rings. The molecule has 100 heavy (non-hydrogen) atoms. The molecule has 0 aliphatic carbocycles. The minimum absolute atomic E-state index is 0. The number of carbonyl (C=O) groups excluding carboxylic acids is 1. The molecule has 0 saturated heterocycles. The predicted octanol–water partition coefficient (Wildman–Crippen LogP) is 22.7. The SMILES string of the molecule is C.CCCCCCCCCCCCCC/C=C/[C@@H](CCC)NCC(=O)c1ccccc1.CCCCCCCCCCCCCC[C@@H](O)[C@@H](O)[C@@H](C)CCC.CCCCCCCCCCCCCC[C@@H](O)[C@@H](O)[C@@H](C)CCO.CCCCCCCCCCCCCC[C@H](O)[C@@H](O)[C@@H](N)CO.[B]. The Hall–Kier alpha value is -1.71. The number of nitrogens with one attached hydrogen (secondary N) is 1. The van der Waals surface area contributed by atoms with Gasteiger partial charge >= 0.3 is 0 Å². The number of nitrogens with two attached hydrogens (primary N) is 1. The van der Waals surface area contributed by atoms with Gasteiger partial charge in [-0.1, -0.05) is 420 Å². The van der Waals surface area contributed by atoms with Crippen molar-refractivity contribution in [2.24, 2.45) is 17.6 Å². The first-order chi connectivity index (χ1) is 47.7. The lowest BCUT2D eigenvalue weighted by molar-refractivity contribution is -0.0229. The average Bonchev–Trinajstić information content (AvgIpc) is 0.984. The molecule has 0 aliphatic rings. The van der Waals surface area contributed by atoms with Crippen LogP contribution in [0.2, 0.25) is 0 Å². The standard InChI is InChI=1S/C28H47NO.C21H44O2.C20H42O3.C18H39NO3.CH4.B/c1-3-5-6-7-8-9-10-11-12-13-14-15-16-20-24-27(21-4-2)29-25-28(30)26-22-18-17-19-23-26;1-4-6-7-8-9-10-11-12-13-14-15-16-18-20(22)21(23)19(3)17-5-2;1-3-4-5-6-7-8-9-10-11-12-13-14-15-19(22)20(23)18(2)16-17-21;1-2-3-4-5-6-7-8-9-10-11-12-13-14-17(21)18(22)16(19)15-20;;/h17-20,22-24,27,29H,3-16,21,25H2,1-2H3;19-23H,4-18H2,1-3H3;18-23H,3-17H2,1-2H3;16-18,20-22H,2-15,19H2,1H3;1H4;/b24-20+;;;;;/t27-;19-,20+,21-;18-,19+,20-;16-,17-,18-;;/m1000../s1. The summed E-state index contributed by atoms with van der Waals surface area (Å²) < 4.78 is 0. The van der Waals surface area contributed by atoms with E-state index in [1.54, 1.807) is 0 Å². The highest BCUT2D eigenvalue weighted by Crippen LogP contribution is 2.22. The normalized spacial score (nSPS) is 14.3. The second-order valence-electron chi connectivity index (χ2n) is 30.0. The number of unbranched alkanes of at least 4 members (excludes halogenated alkanes) is 45. The number of ketones is 1. The van der Waals surface area contributed by atoms with Gasteiger partial charge in [-0.25, -0.2) is 0 Å². The Bertz CT molecular complexity index is 1650. The monoisotopic (exact) mass is 1420 g/mol. The number of rotatable bonds is 70. The first kappa shape index (κ1) is 107. The molecule has 0 unspecified atom stereocenters. The van der Waals surface area contributed by atoms with E-state index in [9.17, 15) is 35.4 Å². The van der Waals surface area contributed by atoms with Crippen LogP contribution in [0.3, 0.4) is 0 Å². The van der Waals surface area contributed by atoms with Gasteiger partial charge in [0.05, 0.1) is 55.8 Å². The van der Waals surface area contributed by atoms with E-state index in [-0.39, 0.29) is 46.7 Å². The zero-order valence-electron chi connectivity index (χ0n) is 66.9. The van der Waals surface area contributed by atoms with Gasteiger partial charge in [0.25, 0.3) is 0 Å². The van der Waals surface area contributed by atoms with E-state index in [1.165, 1.54) is 276 Å². The van der Waals surface area contributed by atoms with Crippen molar-refractivity contribution < 1.29 is 45.6 Å². The van der Waals surface area contributed by atoms with Crippen LogP contribution >= 0.6 is 0 Å². The molecule has 11 N–H and O–H groups in total. The lowest BCUT2D eigenvalue weighted by Crippen LogP contribution is -2.45. The summed E-state index contributed by atoms with van der Waals surface area (Å²) in [4.78, 5) is 12.3. The quantitative estimate of drug-likeness (QED) is 0.0128. The highest BCUT2D eigenvalue weighted by atomic mass is 16.3. The second kappa shape index (κ2) is 86.2. The molecule has 10 atom stereocenters. The van der Waals surface area contributed by atoms with Crippen LogP contribution in [0.4, 0.5) is 0 Å². The number of benzene rings is 1. The van der Waals surface area contributed by atoms with Crippen LogP contribution in [0.5, 0.6) is 0 Å². The fourth-order valence-electron chi connectivity index (χ4n) is 13.1. The maximum atomic E-state index is 12.3. The van der Waals surface area contributed by atoms with Gasteiger partial charge in [0.1, 0.15) is 0 Å². The van der Waals surface area contributed by atoms with E-state index in [1.807, 2.05) is 44.2 Å². The first-order valence-electron chi connectivity index (χ1n) is 42.7. The van der Waals surface area contributed by atoms with Crippen molar-refractivity contribution >= 4 is 14.2 Å². The number of hydrogen-bond acceptors (Lipinski definition) is 11. The molecule has 0 fully saturated rings. The maximum absolute atomic E-state index is 12.3. The van der Waals surface area contributed by atoms with Crippen molar-refractivity contribution in [3.05, 3.63) is 48.0 Å². The molecular weight excluding hydrogens is 1240 g/mol. The summed E-state index contributed by atoms with van der Waals surface area (Å²) in [5, 5.41) is 80.4. The van der Waals surface area contributed by atoms with Crippen LogP contribution in [-0.4, -0.2) is 124 Å². The number of allylic oxidation sites excluding steroid dienone is 1. The fraction of sp³-hybridized carbons (Fsp3) is 0.898. The third-order valence-corrected chi connectivity index (χ3v) is 20.2. The molecule has 1 rings (SSSR count). The number of Topliss-reactive ketones (excluding diaryl/α,β-unsaturated/α-hetero) is 1. The Kier molecular flexibility index (Phi) is 92.2. The molecule has 1 aromatic carbocycles. The van der Waals surface area contributed by atoms with Crippen molar-refractivity contribution in [2.75, 3.05) is 19.8 Å². The molecule has 12 heteroatoms. The van der Waals surface area contributed by atoms with Gasteiger partial charge in [0.2, 0.25) is 0 Å². The smallest absolute Gasteiger partial charge is 0.176 e. The Balaban J connectivity index is -0.000000402. The minimum Gasteiger partial charge on any atom is -0.396 e. The minimum atomic E-state index is -1.02. The zero-order chi connectivity index (χ0) is 73.0. The van der Waals surface area contributed by atoms with Crippen molar-refractivity contribution in [3.8, 4) is 0 Å². The number of aliphatic hydroxyl groups is 8. The van der Waals surface area contributed by atoms with Crippen LogP contribution in [0.1, 0.15) is 439 Å². The highest BCUT2D eigenvalue weighted by Gasteiger charge is 2.24. The van der Waals surface area contributed by atoms with Crippen LogP contribution in [0.15, 0.2) is 42.5 Å². The number of hydrogen-bond donors (Lipinski definition) is 10. The van der Waals surface area contributed by atoms with Crippen LogP contribution < -0.4 is 11.1 Å². The Labute approximate surface area is 624 Å². The lowest BCUT2D eigenvalue weighted by atomic mass is 9.92. The maximum Gasteiger partial charge on any atom is 0.176 e. The summed E-state index contributed by atoms with van der Waals surface area (Å²) in [5.41, 5.74) is 6.29. The molecule has 11 nitrogen and oxygen atoms in total. The topological polar surface area (TPSA) is 217 Å². The molecule has 0 aliphatic heterocycles. The molecule has 3 radical (unpaired) electrons. The molecule has 0 heterocycles. The first-order valence-corrected chi connectivity index (χ1v) is 42.7. The molecule has 0 bridgehead atoms. The molecule has 0 aromatic heterocycles. The van der Waals surface area contributed by atoms with Gasteiger partial charge in [-0.2, -0.15) is 0 Å². The van der Waals surface area contributed by atoms with Gasteiger partial charge in [0, 0.05) is 26.6 Å². The third kappa shape index (κ3) is 74.6. The van der Waals surface area contributed by atoms with Gasteiger partial charge in [-0.15, -0.1) is 0 Å². The van der Waals surface area contributed by atoms with Crippen LogP contribution in [-0.2, 0) is 0 Å². The molecular formula is C88H176BN2O9. The van der Waals surface area contributed by atoms with Gasteiger partial charge in [-0.05, 0) is 63.2 Å². The average molecular weight is 1420 g/mol. The predicted molar refractivity (Wildman–Crippen MR) is 438 cm³/mol. The van der Waals surface area contributed by atoms with Crippen molar-refractivity contribution in [1.29, 1.82) is 0 Å². The molecule has 0 amide bonds. The largest absolute Gasteiger partial charge is 0.396 e. The van der Waals surface area contributed by atoms with E-state index < -0.39 is 42.7 Å². The molecule has 0 saturated carbocycles. The van der Waals surface area contributed by atoms with Gasteiger partial charge in [-0.3, -0.25) is 4.79 Å². The van der Waals surface area contributed by atoms with Crippen molar-refractivity contribution in [3.63, 3.8) is 0 Å². The summed E-state index contributed by atoms with van der Waals surface area (Å²) in [7, 11) is 0. The van der Waals surface area contributed by atoms with Crippen LogP contribution in [0, 0.1) is 11.8 Å². The van der Waals surface area contributed by atoms with Crippen molar-refractivity contribution in [2.45, 2.75) is 478 Å². The summed E-state index contributed by atoms with van der Waals surface area (Å²) >= 11 is 0. The Morgan fingerprint density at radius 3 is 0.950 bits per heavy atom. The molecule has 595 valence electrons. The van der Waals surface area contributed by atoms with E-state index in [0.717, 1.165) is 76.2 Å². The number of carbonyl (C=O) groups is 1. The molecule has 0 spiro atoms. The van der Waals surface area contributed by atoms with E-state index >= 15 is 0 Å². The van der Waals surface area contributed by atoms with Crippen LogP contribution in [0.25, 0.3) is 0 Å². The zero-order valence-corrected chi connectivity index (χ0v) is 66.9. The Morgan fingerprint density at radius 1 is 0.380 bits per heavy atom. The lowest BCUT2D eigenvalue weighted by Gasteiger charge is -2.23. The van der Waals surface area contributed by atoms with E-state index in [0.29, 0.717) is 31.8 Å². The summed E-state index contributed by atoms with van der Waals surface area (Å²) in [6, 6.07) is 9.14. The summed E-state index contributed by atoms with van der Waals surface area (Å²) in [6.45, 7) is 17.5. The van der Waals surface area contributed by atoms with E-state index in [4.69, 9.17) is 15.9 Å². The van der Waals surface area contributed by atoms with Gasteiger partial charge < -0.3 is 51.9 Å². The van der Waals surface area contributed by atoms with Gasteiger partial charge in [0.15, 0.2) is 5.78 Å². The number of aliphatic hydroxyl groups excluding tert-OH is 8. The van der Waals surface area contributed by atoms with E-state index in [2.05, 4.69) is 59.0 Å².